The maximum Gasteiger partial charge on any atom is 0.253 e. The first-order valence-corrected chi connectivity index (χ1v) is 12.9. The summed E-state index contributed by atoms with van der Waals surface area (Å²) in [7, 11) is 0. The number of halogens is 1. The van der Waals surface area contributed by atoms with E-state index >= 15 is 0 Å². The Morgan fingerprint density at radius 1 is 1.00 bits per heavy atom. The summed E-state index contributed by atoms with van der Waals surface area (Å²) in [4.78, 5) is 30.6. The van der Waals surface area contributed by atoms with E-state index in [9.17, 15) is 9.18 Å². The fraction of sp³-hybridized carbons (Fsp3) is 0.462. The molecule has 0 bridgehead atoms. The summed E-state index contributed by atoms with van der Waals surface area (Å²) in [6, 6.07) is 5.60. The van der Waals surface area contributed by atoms with Crippen molar-refractivity contribution in [2.75, 3.05) is 42.9 Å². The highest BCUT2D eigenvalue weighted by atomic mass is 19.1. The molecule has 0 aliphatic carbocycles. The molecule has 2 fully saturated rings. The third-order valence-electron chi connectivity index (χ3n) is 7.75. The molecule has 0 atom stereocenters. The number of aromatic nitrogens is 4. The van der Waals surface area contributed by atoms with E-state index in [0.29, 0.717) is 30.0 Å². The normalized spacial score (nSPS) is 19.1. The maximum atomic E-state index is 14.6. The molecule has 10 heteroatoms. The van der Waals surface area contributed by atoms with Crippen molar-refractivity contribution < 1.29 is 9.18 Å². The zero-order chi connectivity index (χ0) is 24.5. The molecule has 0 aromatic carbocycles. The Balaban J connectivity index is 1.11. The van der Waals surface area contributed by atoms with E-state index in [-0.39, 0.29) is 17.5 Å². The molecule has 9 nitrogen and oxygen atoms in total. The summed E-state index contributed by atoms with van der Waals surface area (Å²) in [5, 5.41) is 9.34. The van der Waals surface area contributed by atoms with Crippen LogP contribution in [0.15, 0.2) is 30.6 Å². The lowest BCUT2D eigenvalue weighted by molar-refractivity contribution is 0.0946. The SMILES string of the molecule is O=C1NCCc2[nH]c(-c3nc(Nc4ccc(N5CCC(C6CCNCC6)CC5)cn4)ncc3F)cc21. The quantitative estimate of drug-likeness (QED) is 0.435. The Bertz CT molecular complexity index is 1230. The van der Waals surface area contributed by atoms with Crippen LogP contribution in [0.3, 0.4) is 0 Å². The molecule has 2 saturated heterocycles. The van der Waals surface area contributed by atoms with Gasteiger partial charge in [0, 0.05) is 31.7 Å². The molecule has 3 aliphatic heterocycles. The molecule has 6 rings (SSSR count). The number of amides is 1. The number of carbonyl (C=O) groups excluding carboxylic acids is 1. The van der Waals surface area contributed by atoms with Gasteiger partial charge in [-0.05, 0) is 68.8 Å². The number of piperidine rings is 2. The zero-order valence-electron chi connectivity index (χ0n) is 20.2. The number of carbonyl (C=O) groups is 1. The second-order valence-corrected chi connectivity index (χ2v) is 9.91. The minimum absolute atomic E-state index is 0.114. The Labute approximate surface area is 209 Å². The van der Waals surface area contributed by atoms with Crippen LogP contribution in [0.25, 0.3) is 11.4 Å². The van der Waals surface area contributed by atoms with Gasteiger partial charge in [-0.3, -0.25) is 4.79 Å². The number of anilines is 3. The predicted molar refractivity (Wildman–Crippen MR) is 136 cm³/mol. The van der Waals surface area contributed by atoms with Gasteiger partial charge in [-0.2, -0.15) is 0 Å². The van der Waals surface area contributed by atoms with Gasteiger partial charge >= 0.3 is 0 Å². The zero-order valence-corrected chi connectivity index (χ0v) is 20.2. The van der Waals surface area contributed by atoms with E-state index in [1.807, 2.05) is 12.3 Å². The van der Waals surface area contributed by atoms with Crippen molar-refractivity contribution in [2.24, 2.45) is 11.8 Å². The van der Waals surface area contributed by atoms with Crippen LogP contribution in [0.5, 0.6) is 0 Å². The van der Waals surface area contributed by atoms with Crippen molar-refractivity contribution in [2.45, 2.75) is 32.1 Å². The summed E-state index contributed by atoms with van der Waals surface area (Å²) in [5.74, 6) is 1.81. The van der Waals surface area contributed by atoms with E-state index in [1.54, 1.807) is 6.07 Å². The van der Waals surface area contributed by atoms with Crippen molar-refractivity contribution >= 4 is 23.4 Å². The summed E-state index contributed by atoms with van der Waals surface area (Å²) >= 11 is 0. The molecule has 3 aromatic heterocycles. The molecule has 0 saturated carbocycles. The van der Waals surface area contributed by atoms with Crippen LogP contribution in [0.2, 0.25) is 0 Å². The topological polar surface area (TPSA) is 111 Å². The van der Waals surface area contributed by atoms with Crippen LogP contribution in [0.1, 0.15) is 41.7 Å². The molecule has 4 N–H and O–H groups in total. The number of hydrogen-bond acceptors (Lipinski definition) is 7. The van der Waals surface area contributed by atoms with Gasteiger partial charge in [-0.25, -0.2) is 19.3 Å². The first-order valence-electron chi connectivity index (χ1n) is 12.9. The van der Waals surface area contributed by atoms with E-state index in [1.165, 1.54) is 25.7 Å². The fourth-order valence-electron chi connectivity index (χ4n) is 5.74. The summed E-state index contributed by atoms with van der Waals surface area (Å²) in [6.07, 6.45) is 8.76. The van der Waals surface area contributed by atoms with Gasteiger partial charge in [-0.15, -0.1) is 0 Å². The van der Waals surface area contributed by atoms with Crippen molar-refractivity contribution in [1.82, 2.24) is 30.6 Å². The third-order valence-corrected chi connectivity index (χ3v) is 7.75. The third kappa shape index (κ3) is 4.65. The first kappa shape index (κ1) is 22.9. The lowest BCUT2D eigenvalue weighted by Crippen LogP contribution is -2.39. The molecule has 3 aliphatic rings. The Morgan fingerprint density at radius 3 is 2.56 bits per heavy atom. The van der Waals surface area contributed by atoms with Gasteiger partial charge in [0.05, 0.1) is 29.3 Å². The Hall–Kier alpha value is -3.53. The average Bonchev–Trinajstić information content (AvgIpc) is 3.36. The smallest absolute Gasteiger partial charge is 0.253 e. The number of fused-ring (bicyclic) bond motifs is 1. The molecule has 3 aromatic rings. The maximum absolute atomic E-state index is 14.6. The van der Waals surface area contributed by atoms with Gasteiger partial charge in [0.15, 0.2) is 5.82 Å². The van der Waals surface area contributed by atoms with Crippen molar-refractivity contribution in [3.63, 3.8) is 0 Å². The number of pyridine rings is 1. The van der Waals surface area contributed by atoms with E-state index in [2.05, 4.69) is 46.9 Å². The number of rotatable bonds is 5. The number of nitrogens with zero attached hydrogens (tertiary/aromatic N) is 4. The molecule has 0 spiro atoms. The highest BCUT2D eigenvalue weighted by Crippen LogP contribution is 2.32. The lowest BCUT2D eigenvalue weighted by Gasteiger charge is -2.38. The molecule has 0 radical (unpaired) electrons. The number of hydrogen-bond donors (Lipinski definition) is 4. The summed E-state index contributed by atoms with van der Waals surface area (Å²) in [6.45, 7) is 5.00. The molecule has 0 unspecified atom stereocenters. The minimum Gasteiger partial charge on any atom is -0.370 e. The minimum atomic E-state index is -0.559. The highest BCUT2D eigenvalue weighted by molar-refractivity contribution is 5.97. The first-order chi connectivity index (χ1) is 17.6. The van der Waals surface area contributed by atoms with Gasteiger partial charge < -0.3 is 25.8 Å². The molecule has 6 heterocycles. The molecule has 1 amide bonds. The van der Waals surface area contributed by atoms with Gasteiger partial charge in [0.25, 0.3) is 5.91 Å². The molecular formula is C26H31FN8O. The predicted octanol–water partition coefficient (Wildman–Crippen LogP) is 3.25. The number of H-pyrrole nitrogens is 1. The van der Waals surface area contributed by atoms with Crippen LogP contribution in [0, 0.1) is 17.7 Å². The lowest BCUT2D eigenvalue weighted by atomic mass is 9.79. The highest BCUT2D eigenvalue weighted by Gasteiger charge is 2.28. The van der Waals surface area contributed by atoms with E-state index < -0.39 is 5.82 Å². The summed E-state index contributed by atoms with van der Waals surface area (Å²) < 4.78 is 14.6. The van der Waals surface area contributed by atoms with E-state index in [4.69, 9.17) is 0 Å². The average molecular weight is 491 g/mol. The summed E-state index contributed by atoms with van der Waals surface area (Å²) in [5.41, 5.74) is 3.00. The van der Waals surface area contributed by atoms with Crippen LogP contribution in [0.4, 0.5) is 21.8 Å². The Kier molecular flexibility index (Phi) is 6.27. The second kappa shape index (κ2) is 9.85. The monoisotopic (exact) mass is 490 g/mol. The largest absolute Gasteiger partial charge is 0.370 e. The van der Waals surface area contributed by atoms with E-state index in [0.717, 1.165) is 55.6 Å². The van der Waals surface area contributed by atoms with Gasteiger partial charge in [-0.1, -0.05) is 0 Å². The van der Waals surface area contributed by atoms with Crippen molar-refractivity contribution in [3.05, 3.63) is 47.7 Å². The molecular weight excluding hydrogens is 459 g/mol. The van der Waals surface area contributed by atoms with Crippen LogP contribution >= 0.6 is 0 Å². The van der Waals surface area contributed by atoms with Crippen molar-refractivity contribution in [3.8, 4) is 11.4 Å². The second-order valence-electron chi connectivity index (χ2n) is 9.91. The fourth-order valence-corrected chi connectivity index (χ4v) is 5.74. The number of aromatic amines is 1. The standard InChI is InChI=1S/C26H31FN8O/c27-20-15-31-26(34-24(20)22-13-19-21(32-22)5-10-29-25(19)36)33-23-2-1-18(14-30-23)35-11-6-17(7-12-35)16-3-8-28-9-4-16/h1-2,13-17,28,32H,3-12H2,(H,29,36)(H,30,31,33,34). The van der Waals surface area contributed by atoms with Crippen molar-refractivity contribution in [1.29, 1.82) is 0 Å². The van der Waals surface area contributed by atoms with Crippen LogP contribution < -0.4 is 20.9 Å². The number of nitrogens with one attached hydrogen (secondary N) is 4. The molecule has 36 heavy (non-hydrogen) atoms. The van der Waals surface area contributed by atoms with Crippen LogP contribution in [-0.2, 0) is 6.42 Å². The Morgan fingerprint density at radius 2 is 1.81 bits per heavy atom. The van der Waals surface area contributed by atoms with Crippen LogP contribution in [-0.4, -0.2) is 58.6 Å². The van der Waals surface area contributed by atoms with Gasteiger partial charge in [0.2, 0.25) is 5.95 Å². The molecule has 188 valence electrons. The van der Waals surface area contributed by atoms with Gasteiger partial charge in [0.1, 0.15) is 11.5 Å².